The molecule has 35 heavy (non-hydrogen) atoms. The van der Waals surface area contributed by atoms with Crippen molar-refractivity contribution in [2.24, 2.45) is 13.0 Å². The molecule has 2 amide bonds. The standard InChI is InChI=1S/C26H31N5O3S/c1-16-22(23(32)29-21-14-28-31(5)15-21)30-24(35-16)20-8-6-7-18(12-20)19-10-9-17(11-19)13-27-25(33)34-26(2,3)4/h6-8,11-12,14-15,17H,9-10,13H2,1-5H3,(H,27,33)(H,29,32)/t17-/m0/s1. The van der Waals surface area contributed by atoms with Gasteiger partial charge in [-0.3, -0.25) is 9.48 Å². The Balaban J connectivity index is 1.44. The quantitative estimate of drug-likeness (QED) is 0.478. The van der Waals surface area contributed by atoms with E-state index >= 15 is 0 Å². The van der Waals surface area contributed by atoms with Gasteiger partial charge in [0.15, 0.2) is 0 Å². The maximum atomic E-state index is 12.7. The van der Waals surface area contributed by atoms with Crippen LogP contribution in [0.1, 0.15) is 54.5 Å². The van der Waals surface area contributed by atoms with Crippen LogP contribution in [0.25, 0.3) is 16.1 Å². The lowest BCUT2D eigenvalue weighted by Gasteiger charge is -2.20. The first-order valence-corrected chi connectivity index (χ1v) is 12.4. The number of aromatic nitrogens is 3. The zero-order chi connectivity index (χ0) is 25.2. The average molecular weight is 494 g/mol. The molecule has 0 unspecified atom stereocenters. The Kier molecular flexibility index (Phi) is 7.07. The fourth-order valence-electron chi connectivity index (χ4n) is 3.98. The van der Waals surface area contributed by atoms with Crippen LogP contribution >= 0.6 is 11.3 Å². The van der Waals surface area contributed by atoms with E-state index in [1.54, 1.807) is 24.1 Å². The van der Waals surface area contributed by atoms with E-state index in [1.165, 1.54) is 16.9 Å². The minimum absolute atomic E-state index is 0.243. The van der Waals surface area contributed by atoms with E-state index in [2.05, 4.69) is 38.9 Å². The van der Waals surface area contributed by atoms with Crippen LogP contribution in [0.2, 0.25) is 0 Å². The van der Waals surface area contributed by atoms with Crippen molar-refractivity contribution in [3.05, 3.63) is 58.9 Å². The molecule has 4 rings (SSSR count). The highest BCUT2D eigenvalue weighted by Gasteiger charge is 2.21. The number of nitrogens with one attached hydrogen (secondary N) is 2. The third kappa shape index (κ3) is 6.36. The first kappa shape index (κ1) is 24.7. The molecule has 0 aliphatic heterocycles. The van der Waals surface area contributed by atoms with Gasteiger partial charge in [-0.2, -0.15) is 5.10 Å². The number of alkyl carbamates (subject to hydrolysis) is 1. The topological polar surface area (TPSA) is 98.1 Å². The molecule has 2 heterocycles. The lowest BCUT2D eigenvalue weighted by Crippen LogP contribution is -2.34. The molecule has 0 radical (unpaired) electrons. The summed E-state index contributed by atoms with van der Waals surface area (Å²) in [6.45, 7) is 8.03. The number of carbonyl (C=O) groups excluding carboxylic acids is 2. The van der Waals surface area contributed by atoms with Gasteiger partial charge in [-0.25, -0.2) is 9.78 Å². The van der Waals surface area contributed by atoms with E-state index in [9.17, 15) is 9.59 Å². The first-order chi connectivity index (χ1) is 16.6. The highest BCUT2D eigenvalue weighted by molar-refractivity contribution is 7.15. The molecule has 0 saturated carbocycles. The SMILES string of the molecule is Cc1sc(-c2cccc(C3=C[C@@H](CNC(=O)OC(C)(C)C)CC3)c2)nc1C(=O)Nc1cnn(C)c1. The number of ether oxygens (including phenoxy) is 1. The van der Waals surface area contributed by atoms with Crippen LogP contribution in [0.15, 0.2) is 42.7 Å². The van der Waals surface area contributed by atoms with Crippen LogP contribution < -0.4 is 10.6 Å². The minimum atomic E-state index is -0.505. The Morgan fingerprint density at radius 1 is 1.26 bits per heavy atom. The van der Waals surface area contributed by atoms with Gasteiger partial charge in [0.1, 0.15) is 16.3 Å². The van der Waals surface area contributed by atoms with E-state index in [0.717, 1.165) is 33.9 Å². The number of rotatable bonds is 6. The second kappa shape index (κ2) is 10.0. The Hall–Kier alpha value is -3.46. The third-order valence-corrected chi connectivity index (χ3v) is 6.60. The summed E-state index contributed by atoms with van der Waals surface area (Å²) in [6.07, 6.45) is 7.12. The van der Waals surface area contributed by atoms with Crippen LogP contribution in [0.4, 0.5) is 10.5 Å². The molecule has 1 aliphatic carbocycles. The van der Waals surface area contributed by atoms with Gasteiger partial charge < -0.3 is 15.4 Å². The fourth-order valence-corrected chi connectivity index (χ4v) is 4.89. The number of carbonyl (C=O) groups is 2. The molecule has 184 valence electrons. The van der Waals surface area contributed by atoms with Crippen molar-refractivity contribution in [3.63, 3.8) is 0 Å². The summed E-state index contributed by atoms with van der Waals surface area (Å²) in [5.74, 6) is 0.0269. The molecule has 0 bridgehead atoms. The molecule has 1 aromatic carbocycles. The third-order valence-electron chi connectivity index (χ3n) is 5.58. The predicted molar refractivity (Wildman–Crippen MR) is 138 cm³/mol. The highest BCUT2D eigenvalue weighted by Crippen LogP contribution is 2.35. The normalized spacial score (nSPS) is 15.6. The average Bonchev–Trinajstić information content (AvgIpc) is 3.51. The van der Waals surface area contributed by atoms with Gasteiger partial charge in [0.05, 0.1) is 11.9 Å². The van der Waals surface area contributed by atoms with Crippen molar-refractivity contribution in [1.29, 1.82) is 0 Å². The van der Waals surface area contributed by atoms with E-state index in [1.807, 2.05) is 39.8 Å². The monoisotopic (exact) mass is 493 g/mol. The zero-order valence-electron chi connectivity index (χ0n) is 20.7. The van der Waals surface area contributed by atoms with Gasteiger partial charge in [0.25, 0.3) is 5.91 Å². The molecule has 3 aromatic rings. The van der Waals surface area contributed by atoms with Crippen molar-refractivity contribution in [3.8, 4) is 10.6 Å². The Morgan fingerprint density at radius 2 is 2.03 bits per heavy atom. The summed E-state index contributed by atoms with van der Waals surface area (Å²) in [6, 6.07) is 8.25. The van der Waals surface area contributed by atoms with Crippen molar-refractivity contribution in [2.45, 2.75) is 46.1 Å². The van der Waals surface area contributed by atoms with Gasteiger partial charge in [-0.15, -0.1) is 11.3 Å². The van der Waals surface area contributed by atoms with Crippen molar-refractivity contribution < 1.29 is 14.3 Å². The summed E-state index contributed by atoms with van der Waals surface area (Å²) in [7, 11) is 1.80. The molecule has 1 atom stereocenters. The number of nitrogens with zero attached hydrogens (tertiary/aromatic N) is 3. The molecule has 0 spiro atoms. The largest absolute Gasteiger partial charge is 0.444 e. The smallest absolute Gasteiger partial charge is 0.407 e. The summed E-state index contributed by atoms with van der Waals surface area (Å²) in [4.78, 5) is 30.2. The number of anilines is 1. The summed E-state index contributed by atoms with van der Waals surface area (Å²) < 4.78 is 6.96. The molecule has 0 fully saturated rings. The maximum absolute atomic E-state index is 12.7. The van der Waals surface area contributed by atoms with Gasteiger partial charge in [0.2, 0.25) is 0 Å². The van der Waals surface area contributed by atoms with Crippen molar-refractivity contribution >= 4 is 34.6 Å². The number of amides is 2. The number of allylic oxidation sites excluding steroid dienone is 1. The molecular formula is C26H31N5O3S. The van der Waals surface area contributed by atoms with E-state index in [-0.39, 0.29) is 17.9 Å². The number of hydrogen-bond acceptors (Lipinski definition) is 6. The van der Waals surface area contributed by atoms with E-state index in [4.69, 9.17) is 4.74 Å². The second-order valence-electron chi connectivity index (χ2n) is 9.73. The highest BCUT2D eigenvalue weighted by atomic mass is 32.1. The first-order valence-electron chi connectivity index (χ1n) is 11.6. The minimum Gasteiger partial charge on any atom is -0.444 e. The molecule has 8 nitrogen and oxygen atoms in total. The van der Waals surface area contributed by atoms with Gasteiger partial charge in [0, 0.05) is 30.2 Å². The summed E-state index contributed by atoms with van der Waals surface area (Å²) in [5, 5.41) is 10.6. The van der Waals surface area contributed by atoms with Crippen LogP contribution in [0.5, 0.6) is 0 Å². The van der Waals surface area contributed by atoms with Crippen molar-refractivity contribution in [2.75, 3.05) is 11.9 Å². The Bertz CT molecular complexity index is 1270. The fraction of sp³-hybridized carbons (Fsp3) is 0.385. The van der Waals surface area contributed by atoms with E-state index in [0.29, 0.717) is 17.9 Å². The van der Waals surface area contributed by atoms with Crippen LogP contribution in [0.3, 0.4) is 0 Å². The molecule has 2 N–H and O–H groups in total. The summed E-state index contributed by atoms with van der Waals surface area (Å²) in [5.41, 5.74) is 3.92. The number of thiazole rings is 1. The number of hydrogen-bond donors (Lipinski definition) is 2. The Labute approximate surface area is 209 Å². The van der Waals surface area contributed by atoms with Crippen LogP contribution in [0, 0.1) is 12.8 Å². The Morgan fingerprint density at radius 3 is 2.74 bits per heavy atom. The second-order valence-corrected chi connectivity index (χ2v) is 10.9. The molecular weight excluding hydrogens is 462 g/mol. The molecule has 2 aromatic heterocycles. The predicted octanol–water partition coefficient (Wildman–Crippen LogP) is 5.42. The van der Waals surface area contributed by atoms with E-state index < -0.39 is 5.60 Å². The molecule has 1 aliphatic rings. The zero-order valence-corrected chi connectivity index (χ0v) is 21.5. The van der Waals surface area contributed by atoms with Crippen molar-refractivity contribution in [1.82, 2.24) is 20.1 Å². The summed E-state index contributed by atoms with van der Waals surface area (Å²) >= 11 is 1.51. The lowest BCUT2D eigenvalue weighted by atomic mass is 10.0. The van der Waals surface area contributed by atoms with Gasteiger partial charge in [-0.1, -0.05) is 24.3 Å². The van der Waals surface area contributed by atoms with Crippen LogP contribution in [-0.4, -0.2) is 38.9 Å². The maximum Gasteiger partial charge on any atom is 0.407 e. The molecule has 9 heteroatoms. The number of benzene rings is 1. The van der Waals surface area contributed by atoms with Gasteiger partial charge in [-0.05, 0) is 63.7 Å². The lowest BCUT2D eigenvalue weighted by molar-refractivity contribution is 0.0522. The molecule has 0 saturated heterocycles. The van der Waals surface area contributed by atoms with Crippen LogP contribution in [-0.2, 0) is 11.8 Å². The van der Waals surface area contributed by atoms with Gasteiger partial charge >= 0.3 is 6.09 Å². The number of aryl methyl sites for hydroxylation is 2.